The largest absolute Gasteiger partial charge is 0.481 e. The van der Waals surface area contributed by atoms with Crippen molar-refractivity contribution in [1.82, 2.24) is 0 Å². The van der Waals surface area contributed by atoms with Gasteiger partial charge in [-0.15, -0.1) is 0 Å². The first-order valence-electron chi connectivity index (χ1n) is 3.47. The van der Waals surface area contributed by atoms with E-state index in [1.807, 2.05) is 0 Å². The van der Waals surface area contributed by atoms with Gasteiger partial charge < -0.3 is 10.2 Å². The molecule has 6 nitrogen and oxygen atoms in total. The highest BCUT2D eigenvalue weighted by Crippen LogP contribution is 1.97. The van der Waals surface area contributed by atoms with Crippen LogP contribution in [0.3, 0.4) is 0 Å². The molecule has 0 bridgehead atoms. The van der Waals surface area contributed by atoms with E-state index in [0.29, 0.717) is 0 Å². The van der Waals surface area contributed by atoms with Gasteiger partial charge in [0.2, 0.25) is 5.78 Å². The number of carbonyl (C=O) groups is 4. The maximum atomic E-state index is 10.6. The van der Waals surface area contributed by atoms with Crippen molar-refractivity contribution in [1.29, 1.82) is 0 Å². The molecular weight excluding hydrogens is 180 g/mol. The van der Waals surface area contributed by atoms with Crippen LogP contribution in [0.25, 0.3) is 0 Å². The Morgan fingerprint density at radius 3 is 1.85 bits per heavy atom. The summed E-state index contributed by atoms with van der Waals surface area (Å²) >= 11 is 0. The Hall–Kier alpha value is -1.72. The molecule has 0 aromatic carbocycles. The van der Waals surface area contributed by atoms with Gasteiger partial charge in [-0.1, -0.05) is 0 Å². The molecule has 0 amide bonds. The summed E-state index contributed by atoms with van der Waals surface area (Å²) in [5.74, 6) is -5.45. The fourth-order valence-corrected chi connectivity index (χ4v) is 0.633. The molecule has 0 aliphatic rings. The van der Waals surface area contributed by atoms with Crippen LogP contribution in [0.2, 0.25) is 0 Å². The minimum atomic E-state index is -1.81. The normalized spacial score (nSPS) is 9.23. The van der Waals surface area contributed by atoms with Crippen LogP contribution in [0, 0.1) is 0 Å². The first-order chi connectivity index (χ1) is 5.95. The highest BCUT2D eigenvalue weighted by molar-refractivity contribution is 6.61. The highest BCUT2D eigenvalue weighted by Gasteiger charge is 2.20. The molecular formula is C7H8O6. The fourth-order valence-electron chi connectivity index (χ4n) is 0.633. The molecule has 0 spiro atoms. The molecule has 0 atom stereocenters. The Bertz CT molecular complexity index is 254. The molecule has 6 heteroatoms. The highest BCUT2D eigenvalue weighted by atomic mass is 16.4. The number of carboxylic acid groups (broad SMARTS) is 2. The van der Waals surface area contributed by atoms with E-state index in [1.54, 1.807) is 0 Å². The van der Waals surface area contributed by atoms with Crippen molar-refractivity contribution in [3.63, 3.8) is 0 Å². The molecule has 0 heterocycles. The number of hydrogen-bond donors (Lipinski definition) is 2. The molecule has 0 fully saturated rings. The Morgan fingerprint density at radius 2 is 1.46 bits per heavy atom. The maximum absolute atomic E-state index is 10.6. The van der Waals surface area contributed by atoms with Gasteiger partial charge >= 0.3 is 17.7 Å². The number of ketones is 2. The first kappa shape index (κ1) is 11.3. The Kier molecular flexibility index (Phi) is 4.36. The second kappa shape index (κ2) is 5.02. The summed E-state index contributed by atoms with van der Waals surface area (Å²) in [5.41, 5.74) is 0. The molecule has 2 N–H and O–H groups in total. The van der Waals surface area contributed by atoms with Gasteiger partial charge in [0.25, 0.3) is 0 Å². The maximum Gasteiger partial charge on any atom is 0.380 e. The fraction of sp³-hybridized carbons (Fsp3) is 0.429. The summed E-state index contributed by atoms with van der Waals surface area (Å²) in [6, 6.07) is 0. The van der Waals surface area contributed by atoms with Crippen molar-refractivity contribution in [3.8, 4) is 0 Å². The van der Waals surface area contributed by atoms with E-state index >= 15 is 0 Å². The molecule has 0 aromatic rings. The van der Waals surface area contributed by atoms with Gasteiger partial charge in [0.05, 0.1) is 0 Å². The van der Waals surface area contributed by atoms with Crippen LogP contribution >= 0.6 is 0 Å². The molecule has 0 unspecified atom stereocenters. The summed E-state index contributed by atoms with van der Waals surface area (Å²) in [4.78, 5) is 41.0. The average molecular weight is 188 g/mol. The van der Waals surface area contributed by atoms with Crippen LogP contribution in [0.1, 0.15) is 19.3 Å². The predicted molar refractivity (Wildman–Crippen MR) is 39.1 cm³/mol. The number of hydrogen-bond acceptors (Lipinski definition) is 4. The molecule has 72 valence electrons. The molecule has 13 heavy (non-hydrogen) atoms. The number of Topliss-reactive ketones (excluding diaryl/α,β-unsaturated/α-hetero) is 2. The monoisotopic (exact) mass is 188 g/mol. The molecule has 0 aromatic heterocycles. The third-order valence-corrected chi connectivity index (χ3v) is 1.24. The van der Waals surface area contributed by atoms with Crippen molar-refractivity contribution < 1.29 is 29.4 Å². The lowest BCUT2D eigenvalue weighted by atomic mass is 10.1. The predicted octanol–water partition coefficient (Wildman–Crippen LogP) is -0.536. The minimum Gasteiger partial charge on any atom is -0.481 e. The zero-order valence-electron chi connectivity index (χ0n) is 6.65. The summed E-state index contributed by atoms with van der Waals surface area (Å²) in [6.45, 7) is 0. The second-order valence-corrected chi connectivity index (χ2v) is 2.30. The van der Waals surface area contributed by atoms with E-state index in [0.717, 1.165) is 0 Å². The van der Waals surface area contributed by atoms with Crippen LogP contribution < -0.4 is 0 Å². The standard InChI is InChI=1S/C7H8O6/c8-4(6(11)7(12)13)2-1-3-5(9)10/h1-3H2,(H,9,10)(H,12,13). The zero-order chi connectivity index (χ0) is 10.4. The molecule has 0 rings (SSSR count). The molecule has 0 aliphatic carbocycles. The van der Waals surface area contributed by atoms with E-state index < -0.39 is 23.5 Å². The van der Waals surface area contributed by atoms with Crippen molar-refractivity contribution in [2.75, 3.05) is 0 Å². The summed E-state index contributed by atoms with van der Waals surface area (Å²) in [6.07, 6.45) is -0.608. The van der Waals surface area contributed by atoms with Gasteiger partial charge in [0.15, 0.2) is 0 Å². The number of carbonyl (C=O) groups excluding carboxylic acids is 2. The van der Waals surface area contributed by atoms with Gasteiger partial charge in [-0.05, 0) is 6.42 Å². The van der Waals surface area contributed by atoms with Crippen molar-refractivity contribution >= 4 is 23.5 Å². The lowest BCUT2D eigenvalue weighted by Gasteiger charge is -1.93. The molecule has 0 aliphatic heterocycles. The Labute approximate surface area is 73.2 Å². The number of rotatable bonds is 6. The van der Waals surface area contributed by atoms with Gasteiger partial charge in [-0.25, -0.2) is 4.79 Å². The van der Waals surface area contributed by atoms with E-state index in [4.69, 9.17) is 10.2 Å². The second-order valence-electron chi connectivity index (χ2n) is 2.30. The van der Waals surface area contributed by atoms with Crippen molar-refractivity contribution in [3.05, 3.63) is 0 Å². The summed E-state index contributed by atoms with van der Waals surface area (Å²) in [7, 11) is 0. The van der Waals surface area contributed by atoms with Crippen LogP contribution in [-0.4, -0.2) is 33.7 Å². The van der Waals surface area contributed by atoms with E-state index in [1.165, 1.54) is 0 Å². The van der Waals surface area contributed by atoms with E-state index in [9.17, 15) is 19.2 Å². The summed E-state index contributed by atoms with van der Waals surface area (Å²) < 4.78 is 0. The summed E-state index contributed by atoms with van der Waals surface area (Å²) in [5, 5.41) is 16.2. The van der Waals surface area contributed by atoms with E-state index in [-0.39, 0.29) is 19.3 Å². The molecule has 0 saturated heterocycles. The van der Waals surface area contributed by atoms with Crippen molar-refractivity contribution in [2.45, 2.75) is 19.3 Å². The quantitative estimate of drug-likeness (QED) is 0.428. The van der Waals surface area contributed by atoms with Gasteiger partial charge in [-0.2, -0.15) is 0 Å². The van der Waals surface area contributed by atoms with Gasteiger partial charge in [-0.3, -0.25) is 14.4 Å². The topological polar surface area (TPSA) is 109 Å². The van der Waals surface area contributed by atoms with Gasteiger partial charge in [0, 0.05) is 12.8 Å². The Balaban J connectivity index is 3.82. The number of carboxylic acids is 2. The number of aliphatic carboxylic acids is 2. The zero-order valence-corrected chi connectivity index (χ0v) is 6.65. The molecule has 0 radical (unpaired) electrons. The van der Waals surface area contributed by atoms with Gasteiger partial charge in [0.1, 0.15) is 0 Å². The average Bonchev–Trinajstić information content (AvgIpc) is 2.02. The SMILES string of the molecule is O=C(O)CCCC(=O)C(=O)C(=O)O. The van der Waals surface area contributed by atoms with E-state index in [2.05, 4.69) is 0 Å². The smallest absolute Gasteiger partial charge is 0.380 e. The lowest BCUT2D eigenvalue weighted by molar-refractivity contribution is -0.153. The molecule has 0 saturated carbocycles. The minimum absolute atomic E-state index is 0.0206. The van der Waals surface area contributed by atoms with Crippen LogP contribution in [-0.2, 0) is 19.2 Å². The third kappa shape index (κ3) is 4.67. The lowest BCUT2D eigenvalue weighted by Crippen LogP contribution is -2.23. The Morgan fingerprint density at radius 1 is 0.923 bits per heavy atom. The van der Waals surface area contributed by atoms with Crippen LogP contribution in [0.5, 0.6) is 0 Å². The van der Waals surface area contributed by atoms with Crippen molar-refractivity contribution in [2.24, 2.45) is 0 Å². The third-order valence-electron chi connectivity index (χ3n) is 1.24. The van der Waals surface area contributed by atoms with Crippen LogP contribution in [0.4, 0.5) is 0 Å². The van der Waals surface area contributed by atoms with Crippen LogP contribution in [0.15, 0.2) is 0 Å². The first-order valence-corrected chi connectivity index (χ1v) is 3.47.